The van der Waals surface area contributed by atoms with Crippen molar-refractivity contribution in [1.82, 2.24) is 10.2 Å². The fraction of sp³-hybridized carbons (Fsp3) is 0.217. The number of anilines is 2. The van der Waals surface area contributed by atoms with E-state index in [1.165, 1.54) is 24.3 Å². The Kier molecular flexibility index (Phi) is 6.29. The molecule has 4 rings (SSSR count). The fourth-order valence-electron chi connectivity index (χ4n) is 3.49. The van der Waals surface area contributed by atoms with Crippen molar-refractivity contribution < 1.29 is 14.0 Å². The van der Waals surface area contributed by atoms with Crippen LogP contribution in [0.1, 0.15) is 31.2 Å². The van der Waals surface area contributed by atoms with Gasteiger partial charge in [0, 0.05) is 38.3 Å². The predicted molar refractivity (Wildman–Crippen MR) is 121 cm³/mol. The minimum absolute atomic E-state index is 0.165. The van der Waals surface area contributed by atoms with E-state index < -0.39 is 5.82 Å². The molecule has 0 saturated carbocycles. The molecule has 6 nitrogen and oxygen atoms in total. The maximum atomic E-state index is 13.3. The molecule has 1 aliphatic heterocycles. The van der Waals surface area contributed by atoms with Gasteiger partial charge in [-0.2, -0.15) is 0 Å². The van der Waals surface area contributed by atoms with E-state index in [2.05, 4.69) is 10.6 Å². The first-order chi connectivity index (χ1) is 15.0. The molecule has 1 aliphatic rings. The van der Waals surface area contributed by atoms with Crippen molar-refractivity contribution in [2.75, 3.05) is 37.2 Å². The third kappa shape index (κ3) is 4.60. The number of piperazine rings is 1. The van der Waals surface area contributed by atoms with Gasteiger partial charge in [-0.3, -0.25) is 9.59 Å². The fourth-order valence-corrected chi connectivity index (χ4v) is 4.56. The molecule has 3 aromatic rings. The molecule has 0 aliphatic carbocycles. The average Bonchev–Trinajstić information content (AvgIpc) is 3.14. The Morgan fingerprint density at radius 2 is 1.74 bits per heavy atom. The number of halogens is 1. The van der Waals surface area contributed by atoms with Crippen molar-refractivity contribution in [1.29, 1.82) is 0 Å². The summed E-state index contributed by atoms with van der Waals surface area (Å²) in [5, 5.41) is 7.08. The number of thiophene rings is 1. The number of nitrogen functional groups attached to an aromatic ring is 1. The van der Waals surface area contributed by atoms with Gasteiger partial charge in [0.15, 0.2) is 0 Å². The number of amides is 1. The second-order valence-corrected chi connectivity index (χ2v) is 8.29. The lowest BCUT2D eigenvalue weighted by Gasteiger charge is -2.27. The Balaban J connectivity index is 1.68. The van der Waals surface area contributed by atoms with E-state index in [1.54, 1.807) is 4.90 Å². The highest BCUT2D eigenvalue weighted by molar-refractivity contribution is 7.19. The Labute approximate surface area is 183 Å². The van der Waals surface area contributed by atoms with E-state index in [-0.39, 0.29) is 22.3 Å². The molecule has 4 N–H and O–H groups in total. The molecule has 2 heterocycles. The summed E-state index contributed by atoms with van der Waals surface area (Å²) in [6.45, 7) is 3.07. The molecule has 1 fully saturated rings. The van der Waals surface area contributed by atoms with Crippen molar-refractivity contribution in [3.63, 3.8) is 0 Å². The number of carbonyl (C=O) groups is 2. The van der Waals surface area contributed by atoms with Gasteiger partial charge in [0.2, 0.25) is 5.78 Å². The van der Waals surface area contributed by atoms with Crippen LogP contribution in [-0.4, -0.2) is 42.8 Å². The summed E-state index contributed by atoms with van der Waals surface area (Å²) >= 11 is 1.16. The number of nitrogens with zero attached hydrogens (tertiary/aromatic N) is 1. The first kappa shape index (κ1) is 21.0. The lowest BCUT2D eigenvalue weighted by Crippen LogP contribution is -2.46. The average molecular weight is 439 g/mol. The Morgan fingerprint density at radius 1 is 1.06 bits per heavy atom. The highest BCUT2D eigenvalue weighted by Crippen LogP contribution is 2.38. The van der Waals surface area contributed by atoms with Crippen LogP contribution in [0, 0.1) is 5.82 Å². The highest BCUT2D eigenvalue weighted by Gasteiger charge is 2.29. The van der Waals surface area contributed by atoms with Gasteiger partial charge in [0.1, 0.15) is 15.7 Å². The normalized spacial score (nSPS) is 13.8. The summed E-state index contributed by atoms with van der Waals surface area (Å²) in [5.41, 5.74) is 8.22. The number of benzene rings is 2. The molecule has 0 unspecified atom stereocenters. The summed E-state index contributed by atoms with van der Waals surface area (Å²) < 4.78 is 13.3. The number of hydrogen-bond donors (Lipinski definition) is 3. The van der Waals surface area contributed by atoms with Crippen LogP contribution in [0.3, 0.4) is 0 Å². The van der Waals surface area contributed by atoms with Crippen molar-refractivity contribution >= 4 is 33.7 Å². The van der Waals surface area contributed by atoms with Gasteiger partial charge < -0.3 is 21.3 Å². The van der Waals surface area contributed by atoms with Gasteiger partial charge in [0.25, 0.3) is 5.91 Å². The summed E-state index contributed by atoms with van der Waals surface area (Å²) in [4.78, 5) is 28.4. The third-order valence-electron chi connectivity index (χ3n) is 5.17. The standard InChI is InChI=1S/C23H23FN4O2S/c24-17-8-6-16(7-9-17)20(29)21-19(25)18(23(30)28-12-10-26-11-13-28)22(31-21)27-14-15-4-2-1-3-5-15/h1-9,26-27H,10-14,25H2. The van der Waals surface area contributed by atoms with Crippen molar-refractivity contribution in [3.05, 3.63) is 82.0 Å². The molecular weight excluding hydrogens is 415 g/mol. The number of nitrogens with two attached hydrogens (primary N) is 1. The molecule has 8 heteroatoms. The molecule has 0 atom stereocenters. The third-order valence-corrected chi connectivity index (χ3v) is 6.33. The number of hydrogen-bond acceptors (Lipinski definition) is 6. The molecular formula is C23H23FN4O2S. The van der Waals surface area contributed by atoms with Crippen LogP contribution >= 0.6 is 11.3 Å². The van der Waals surface area contributed by atoms with Crippen LogP contribution in [0.2, 0.25) is 0 Å². The van der Waals surface area contributed by atoms with Gasteiger partial charge in [0.05, 0.1) is 11.3 Å². The number of nitrogens with one attached hydrogen (secondary N) is 2. The number of rotatable bonds is 6. The monoisotopic (exact) mass is 438 g/mol. The van der Waals surface area contributed by atoms with E-state index in [9.17, 15) is 14.0 Å². The molecule has 0 radical (unpaired) electrons. The summed E-state index contributed by atoms with van der Waals surface area (Å²) in [6.07, 6.45) is 0. The molecule has 1 amide bonds. The first-order valence-electron chi connectivity index (χ1n) is 10.0. The van der Waals surface area contributed by atoms with Crippen LogP contribution in [0.4, 0.5) is 15.1 Å². The van der Waals surface area contributed by atoms with Crippen LogP contribution in [-0.2, 0) is 6.54 Å². The topological polar surface area (TPSA) is 87.5 Å². The van der Waals surface area contributed by atoms with E-state index in [0.29, 0.717) is 48.9 Å². The van der Waals surface area contributed by atoms with Crippen molar-refractivity contribution in [3.8, 4) is 0 Å². The molecule has 31 heavy (non-hydrogen) atoms. The maximum Gasteiger partial charge on any atom is 0.259 e. The van der Waals surface area contributed by atoms with Crippen molar-refractivity contribution in [2.45, 2.75) is 6.54 Å². The summed E-state index contributed by atoms with van der Waals surface area (Å²) in [6, 6.07) is 15.1. The Morgan fingerprint density at radius 3 is 2.42 bits per heavy atom. The number of carbonyl (C=O) groups excluding carboxylic acids is 2. The van der Waals surface area contributed by atoms with E-state index >= 15 is 0 Å². The molecule has 0 spiro atoms. The van der Waals surface area contributed by atoms with Gasteiger partial charge in [-0.25, -0.2) is 4.39 Å². The Bertz CT molecular complexity index is 1080. The van der Waals surface area contributed by atoms with Crippen molar-refractivity contribution in [2.24, 2.45) is 0 Å². The smallest absolute Gasteiger partial charge is 0.259 e. The minimum atomic E-state index is -0.421. The van der Waals surface area contributed by atoms with Crippen LogP contribution < -0.4 is 16.4 Å². The molecule has 2 aromatic carbocycles. The van der Waals surface area contributed by atoms with E-state index in [1.807, 2.05) is 30.3 Å². The highest BCUT2D eigenvalue weighted by atomic mass is 32.1. The quantitative estimate of drug-likeness (QED) is 0.514. The molecule has 0 bridgehead atoms. The lowest BCUT2D eigenvalue weighted by molar-refractivity contribution is 0.0738. The number of ketones is 1. The maximum absolute atomic E-state index is 13.3. The second-order valence-electron chi connectivity index (χ2n) is 7.27. The zero-order chi connectivity index (χ0) is 21.8. The Hall–Kier alpha value is -3.23. The van der Waals surface area contributed by atoms with Gasteiger partial charge >= 0.3 is 0 Å². The van der Waals surface area contributed by atoms with E-state index in [4.69, 9.17) is 5.73 Å². The largest absolute Gasteiger partial charge is 0.397 e. The predicted octanol–water partition coefficient (Wildman–Crippen LogP) is 3.36. The zero-order valence-electron chi connectivity index (χ0n) is 16.9. The second kappa shape index (κ2) is 9.28. The SMILES string of the molecule is Nc1c(C(=O)c2ccc(F)cc2)sc(NCc2ccccc2)c1C(=O)N1CCNCC1. The summed E-state index contributed by atoms with van der Waals surface area (Å²) in [7, 11) is 0. The minimum Gasteiger partial charge on any atom is -0.397 e. The van der Waals surface area contributed by atoms with Crippen LogP contribution in [0.25, 0.3) is 0 Å². The summed E-state index contributed by atoms with van der Waals surface area (Å²) in [5.74, 6) is -0.941. The zero-order valence-corrected chi connectivity index (χ0v) is 17.7. The van der Waals surface area contributed by atoms with Crippen LogP contribution in [0.15, 0.2) is 54.6 Å². The molecule has 1 aromatic heterocycles. The van der Waals surface area contributed by atoms with Gasteiger partial charge in [-0.1, -0.05) is 30.3 Å². The lowest BCUT2D eigenvalue weighted by atomic mass is 10.1. The molecule has 160 valence electrons. The van der Waals surface area contributed by atoms with Crippen LogP contribution in [0.5, 0.6) is 0 Å². The van der Waals surface area contributed by atoms with Gasteiger partial charge in [-0.15, -0.1) is 11.3 Å². The van der Waals surface area contributed by atoms with E-state index in [0.717, 1.165) is 16.9 Å². The molecule has 1 saturated heterocycles. The first-order valence-corrected chi connectivity index (χ1v) is 10.9. The van der Waals surface area contributed by atoms with Gasteiger partial charge in [-0.05, 0) is 29.8 Å².